The molecule has 1 nitrogen and oxygen atoms in total. The summed E-state index contributed by atoms with van der Waals surface area (Å²) in [5.74, 6) is 0. The van der Waals surface area contributed by atoms with E-state index in [1.54, 1.807) is 0 Å². The van der Waals surface area contributed by atoms with Gasteiger partial charge >= 0.3 is 0 Å². The Bertz CT molecular complexity index is 235. The fraction of sp³-hybridized carbons (Fsp3) is 0.286. The van der Waals surface area contributed by atoms with Crippen LogP contribution in [0.1, 0.15) is 11.1 Å². The first-order chi connectivity index (χ1) is 4.74. The molecule has 1 heterocycles. The van der Waals surface area contributed by atoms with Gasteiger partial charge in [0.05, 0.1) is 0 Å². The van der Waals surface area contributed by atoms with E-state index in [4.69, 9.17) is 0 Å². The van der Waals surface area contributed by atoms with E-state index in [2.05, 4.69) is 63.2 Å². The minimum Gasteiger partial charge on any atom is -0.250 e. The van der Waals surface area contributed by atoms with Crippen LogP contribution < -0.4 is 0 Å². The van der Waals surface area contributed by atoms with Crippen molar-refractivity contribution in [3.05, 3.63) is 27.1 Å². The summed E-state index contributed by atoms with van der Waals surface area (Å²) in [6, 6.07) is 2.13. The van der Waals surface area contributed by atoms with Gasteiger partial charge in [-0.2, -0.15) is 0 Å². The van der Waals surface area contributed by atoms with Crippen LogP contribution in [0.5, 0.6) is 0 Å². The Kier molecular flexibility index (Phi) is 3.35. The fourth-order valence-corrected chi connectivity index (χ4v) is 2.02. The van der Waals surface area contributed by atoms with E-state index in [0.717, 1.165) is 8.13 Å². The number of rotatable bonds is 1. The van der Waals surface area contributed by atoms with Gasteiger partial charge in [0.2, 0.25) is 0 Å². The molecule has 0 fully saturated rings. The van der Waals surface area contributed by atoms with Crippen LogP contribution in [0, 0.1) is 10.6 Å². The second-order valence-electron chi connectivity index (χ2n) is 2.07. The number of hydrogen-bond acceptors (Lipinski definition) is 1. The summed E-state index contributed by atoms with van der Waals surface area (Å²) < 4.78 is 2.15. The zero-order valence-corrected chi connectivity index (χ0v) is 9.88. The summed E-state index contributed by atoms with van der Waals surface area (Å²) in [5, 5.41) is 0. The Morgan fingerprint density at radius 1 is 1.60 bits per heavy atom. The minimum absolute atomic E-state index is 1.07. The molecule has 0 aromatic carbocycles. The summed E-state index contributed by atoms with van der Waals surface area (Å²) in [6.07, 6.45) is 1.93. The van der Waals surface area contributed by atoms with Gasteiger partial charge in [-0.05, 0) is 46.7 Å². The molecule has 0 N–H and O–H groups in total. The maximum atomic E-state index is 4.17. The highest BCUT2D eigenvalue weighted by Gasteiger charge is 1.96. The van der Waals surface area contributed by atoms with E-state index in [9.17, 15) is 0 Å². The van der Waals surface area contributed by atoms with Gasteiger partial charge < -0.3 is 0 Å². The molecule has 0 saturated carbocycles. The number of aryl methyl sites for hydroxylation is 1. The molecule has 0 spiro atoms. The third kappa shape index (κ3) is 2.05. The van der Waals surface area contributed by atoms with Crippen molar-refractivity contribution in [2.45, 2.75) is 11.4 Å². The Balaban J connectivity index is 3.09. The molecule has 0 saturated heterocycles. The number of halogens is 2. The standard InChI is InChI=1S/C7H7I2N/c1-5-4-10-7(9)2-6(5)3-8/h2,4H,3H2,1H3. The molecule has 0 aliphatic carbocycles. The molecule has 0 aliphatic heterocycles. The lowest BCUT2D eigenvalue weighted by Gasteiger charge is -1.99. The van der Waals surface area contributed by atoms with Crippen LogP contribution in [0.25, 0.3) is 0 Å². The van der Waals surface area contributed by atoms with Crippen molar-refractivity contribution in [3.8, 4) is 0 Å². The topological polar surface area (TPSA) is 12.9 Å². The number of alkyl halides is 1. The molecule has 0 atom stereocenters. The van der Waals surface area contributed by atoms with Crippen molar-refractivity contribution >= 4 is 45.2 Å². The van der Waals surface area contributed by atoms with E-state index >= 15 is 0 Å². The molecule has 0 radical (unpaired) electrons. The van der Waals surface area contributed by atoms with Crippen molar-refractivity contribution in [1.82, 2.24) is 4.98 Å². The average molecular weight is 359 g/mol. The van der Waals surface area contributed by atoms with Gasteiger partial charge in [0.15, 0.2) is 0 Å². The molecular weight excluding hydrogens is 352 g/mol. The van der Waals surface area contributed by atoms with Crippen LogP contribution in [0.4, 0.5) is 0 Å². The Morgan fingerprint density at radius 3 is 2.80 bits per heavy atom. The SMILES string of the molecule is Cc1cnc(I)cc1CI. The summed E-state index contributed by atoms with van der Waals surface area (Å²) >= 11 is 4.60. The van der Waals surface area contributed by atoms with Gasteiger partial charge in [-0.15, -0.1) is 0 Å². The molecule has 1 rings (SSSR count). The third-order valence-electron chi connectivity index (χ3n) is 1.33. The van der Waals surface area contributed by atoms with E-state index in [-0.39, 0.29) is 0 Å². The maximum Gasteiger partial charge on any atom is 0.101 e. The number of hydrogen-bond donors (Lipinski definition) is 0. The molecule has 0 bridgehead atoms. The molecule has 0 amide bonds. The summed E-state index contributed by atoms with van der Waals surface area (Å²) in [5.41, 5.74) is 2.68. The zero-order valence-electron chi connectivity index (χ0n) is 5.56. The van der Waals surface area contributed by atoms with Gasteiger partial charge in [-0.3, -0.25) is 4.98 Å². The number of pyridine rings is 1. The lowest BCUT2D eigenvalue weighted by molar-refractivity contribution is 1.18. The fourth-order valence-electron chi connectivity index (χ4n) is 0.680. The highest BCUT2D eigenvalue weighted by molar-refractivity contribution is 14.1. The predicted molar refractivity (Wildman–Crippen MR) is 59.4 cm³/mol. The van der Waals surface area contributed by atoms with Gasteiger partial charge in [0.1, 0.15) is 3.70 Å². The molecule has 1 aromatic rings. The summed E-state index contributed by atoms with van der Waals surface area (Å²) in [7, 11) is 0. The molecule has 3 heteroatoms. The van der Waals surface area contributed by atoms with Crippen molar-refractivity contribution in [3.63, 3.8) is 0 Å². The van der Waals surface area contributed by atoms with Crippen molar-refractivity contribution in [1.29, 1.82) is 0 Å². The lowest BCUT2D eigenvalue weighted by Crippen LogP contribution is -1.88. The molecule has 0 aliphatic rings. The van der Waals surface area contributed by atoms with Gasteiger partial charge in [-0.1, -0.05) is 22.6 Å². The lowest BCUT2D eigenvalue weighted by atomic mass is 10.2. The first-order valence-electron chi connectivity index (χ1n) is 2.91. The monoisotopic (exact) mass is 359 g/mol. The molecule has 1 aromatic heterocycles. The van der Waals surface area contributed by atoms with Crippen molar-refractivity contribution < 1.29 is 0 Å². The number of nitrogens with zero attached hydrogens (tertiary/aromatic N) is 1. The second-order valence-corrected chi connectivity index (χ2v) is 3.94. The highest BCUT2D eigenvalue weighted by atomic mass is 127. The first-order valence-corrected chi connectivity index (χ1v) is 5.51. The maximum absolute atomic E-state index is 4.17. The zero-order chi connectivity index (χ0) is 7.56. The van der Waals surface area contributed by atoms with Crippen LogP contribution in [0.2, 0.25) is 0 Å². The van der Waals surface area contributed by atoms with Gasteiger partial charge in [-0.25, -0.2) is 0 Å². The van der Waals surface area contributed by atoms with Crippen LogP contribution in [-0.4, -0.2) is 4.98 Å². The minimum atomic E-state index is 1.07. The highest BCUT2D eigenvalue weighted by Crippen LogP contribution is 2.13. The quantitative estimate of drug-likeness (QED) is 0.427. The van der Waals surface area contributed by atoms with E-state index < -0.39 is 0 Å². The molecule has 0 unspecified atom stereocenters. The van der Waals surface area contributed by atoms with Gasteiger partial charge in [0.25, 0.3) is 0 Å². The van der Waals surface area contributed by atoms with Crippen molar-refractivity contribution in [2.24, 2.45) is 0 Å². The predicted octanol–water partition coefficient (Wildman–Crippen LogP) is 2.93. The summed E-state index contributed by atoms with van der Waals surface area (Å²) in [6.45, 7) is 2.09. The Morgan fingerprint density at radius 2 is 2.30 bits per heavy atom. The van der Waals surface area contributed by atoms with Crippen LogP contribution in [0.3, 0.4) is 0 Å². The average Bonchev–Trinajstić information content (AvgIpc) is 1.94. The largest absolute Gasteiger partial charge is 0.250 e. The van der Waals surface area contributed by atoms with E-state index in [0.29, 0.717) is 0 Å². The Hall–Kier alpha value is 0.610. The number of aromatic nitrogens is 1. The smallest absolute Gasteiger partial charge is 0.101 e. The molecular formula is C7H7I2N. The molecule has 54 valence electrons. The van der Waals surface area contributed by atoms with Crippen LogP contribution >= 0.6 is 45.2 Å². The van der Waals surface area contributed by atoms with Gasteiger partial charge in [0, 0.05) is 10.6 Å². The second kappa shape index (κ2) is 3.85. The van der Waals surface area contributed by atoms with E-state index in [1.165, 1.54) is 11.1 Å². The van der Waals surface area contributed by atoms with Crippen molar-refractivity contribution in [2.75, 3.05) is 0 Å². The third-order valence-corrected chi connectivity index (χ3v) is 2.74. The first kappa shape index (κ1) is 8.70. The van der Waals surface area contributed by atoms with Crippen LogP contribution in [0.15, 0.2) is 12.3 Å². The molecule has 10 heavy (non-hydrogen) atoms. The normalized spacial score (nSPS) is 9.90. The Labute approximate surface area is 87.9 Å². The van der Waals surface area contributed by atoms with E-state index in [1.807, 2.05) is 6.20 Å². The van der Waals surface area contributed by atoms with Crippen LogP contribution in [-0.2, 0) is 4.43 Å². The summed E-state index contributed by atoms with van der Waals surface area (Å²) in [4.78, 5) is 4.17.